The molecule has 0 aromatic carbocycles. The van der Waals surface area contributed by atoms with E-state index in [2.05, 4.69) is 25.8 Å². The number of carbonyl (C=O) groups excluding carboxylic acids is 1. The Bertz CT molecular complexity index is 230. The Morgan fingerprint density at radius 2 is 1.94 bits per heavy atom. The van der Waals surface area contributed by atoms with Crippen molar-refractivity contribution >= 4 is 5.91 Å². The quantitative estimate of drug-likeness (QED) is 0.765. The van der Waals surface area contributed by atoms with Crippen LogP contribution < -0.4 is 5.73 Å². The van der Waals surface area contributed by atoms with E-state index >= 15 is 0 Å². The van der Waals surface area contributed by atoms with Gasteiger partial charge in [-0.05, 0) is 25.9 Å². The number of hydrogen-bond donors (Lipinski definition) is 1. The zero-order valence-corrected chi connectivity index (χ0v) is 10.8. The van der Waals surface area contributed by atoms with Crippen LogP contribution >= 0.6 is 0 Å². The van der Waals surface area contributed by atoms with Gasteiger partial charge in [0, 0.05) is 32.1 Å². The van der Waals surface area contributed by atoms with Gasteiger partial charge in [0.1, 0.15) is 0 Å². The van der Waals surface area contributed by atoms with Gasteiger partial charge in [0.05, 0.1) is 0 Å². The maximum atomic E-state index is 12.0. The summed E-state index contributed by atoms with van der Waals surface area (Å²) in [6.45, 7) is 7.92. The van der Waals surface area contributed by atoms with Crippen LogP contribution in [-0.2, 0) is 4.79 Å². The molecule has 0 aromatic heterocycles. The second-order valence-electron chi connectivity index (χ2n) is 5.15. The van der Waals surface area contributed by atoms with Crippen LogP contribution in [0.25, 0.3) is 0 Å². The third kappa shape index (κ3) is 4.10. The minimum absolute atomic E-state index is 0.00603. The summed E-state index contributed by atoms with van der Waals surface area (Å²) >= 11 is 0. The molecule has 1 unspecified atom stereocenters. The van der Waals surface area contributed by atoms with Crippen molar-refractivity contribution in [2.75, 3.05) is 33.2 Å². The number of amides is 1. The summed E-state index contributed by atoms with van der Waals surface area (Å²) < 4.78 is 0. The Balaban J connectivity index is 2.41. The lowest BCUT2D eigenvalue weighted by atomic mass is 10.0. The number of rotatable bonds is 3. The first-order valence-corrected chi connectivity index (χ1v) is 6.22. The molecule has 16 heavy (non-hydrogen) atoms. The molecular formula is C12H25N3O. The lowest BCUT2D eigenvalue weighted by molar-refractivity contribution is -0.131. The average molecular weight is 227 g/mol. The lowest BCUT2D eigenvalue weighted by Gasteiger charge is -2.23. The fourth-order valence-electron chi connectivity index (χ4n) is 1.86. The maximum Gasteiger partial charge on any atom is 0.224 e. The first-order chi connectivity index (χ1) is 7.50. The van der Waals surface area contributed by atoms with Crippen LogP contribution in [0.1, 0.15) is 26.7 Å². The van der Waals surface area contributed by atoms with Gasteiger partial charge in [0.25, 0.3) is 0 Å². The highest BCUT2D eigenvalue weighted by molar-refractivity contribution is 5.76. The molecule has 1 aliphatic rings. The Morgan fingerprint density at radius 1 is 1.25 bits per heavy atom. The van der Waals surface area contributed by atoms with Crippen molar-refractivity contribution in [2.45, 2.75) is 32.7 Å². The number of hydrogen-bond acceptors (Lipinski definition) is 3. The van der Waals surface area contributed by atoms with Crippen molar-refractivity contribution in [3.05, 3.63) is 0 Å². The number of likely N-dealkylation sites (N-methyl/N-ethyl adjacent to an activating group) is 1. The summed E-state index contributed by atoms with van der Waals surface area (Å²) in [5.41, 5.74) is 5.93. The Hall–Kier alpha value is -0.610. The fourth-order valence-corrected chi connectivity index (χ4v) is 1.86. The van der Waals surface area contributed by atoms with Crippen molar-refractivity contribution in [1.29, 1.82) is 0 Å². The molecule has 0 aromatic rings. The van der Waals surface area contributed by atoms with E-state index in [1.807, 2.05) is 4.90 Å². The van der Waals surface area contributed by atoms with Gasteiger partial charge in [-0.3, -0.25) is 4.79 Å². The van der Waals surface area contributed by atoms with E-state index in [0.717, 1.165) is 32.6 Å². The molecule has 1 atom stereocenters. The zero-order valence-electron chi connectivity index (χ0n) is 10.8. The second-order valence-corrected chi connectivity index (χ2v) is 5.15. The first kappa shape index (κ1) is 13.5. The molecule has 4 nitrogen and oxygen atoms in total. The smallest absolute Gasteiger partial charge is 0.224 e. The molecule has 0 saturated carbocycles. The molecule has 1 aliphatic heterocycles. The SMILES string of the molecule is CC(C)C(N)CC(=O)N1CCCN(C)CC1. The van der Waals surface area contributed by atoms with Gasteiger partial charge in [-0.2, -0.15) is 0 Å². The summed E-state index contributed by atoms with van der Waals surface area (Å²) in [6, 6.07) is -0.00603. The Labute approximate surface area is 98.8 Å². The molecule has 94 valence electrons. The standard InChI is InChI=1S/C12H25N3O/c1-10(2)11(13)9-12(16)15-6-4-5-14(3)7-8-15/h10-11H,4-9,13H2,1-3H3. The molecule has 2 N–H and O–H groups in total. The normalized spacial score (nSPS) is 20.9. The fraction of sp³-hybridized carbons (Fsp3) is 0.917. The van der Waals surface area contributed by atoms with Crippen LogP contribution in [-0.4, -0.2) is 55.0 Å². The van der Waals surface area contributed by atoms with Crippen molar-refractivity contribution in [2.24, 2.45) is 11.7 Å². The number of nitrogens with two attached hydrogens (primary N) is 1. The summed E-state index contributed by atoms with van der Waals surface area (Å²) in [4.78, 5) is 16.2. The zero-order chi connectivity index (χ0) is 12.1. The van der Waals surface area contributed by atoms with Crippen LogP contribution in [0.3, 0.4) is 0 Å². The first-order valence-electron chi connectivity index (χ1n) is 6.22. The summed E-state index contributed by atoms with van der Waals surface area (Å²) in [7, 11) is 2.10. The van der Waals surface area contributed by atoms with Crippen LogP contribution in [0.15, 0.2) is 0 Å². The van der Waals surface area contributed by atoms with Crippen molar-refractivity contribution in [3.63, 3.8) is 0 Å². The van der Waals surface area contributed by atoms with Gasteiger partial charge in [-0.1, -0.05) is 13.8 Å². The van der Waals surface area contributed by atoms with Crippen LogP contribution in [0, 0.1) is 5.92 Å². The monoisotopic (exact) mass is 227 g/mol. The van der Waals surface area contributed by atoms with Crippen LogP contribution in [0.5, 0.6) is 0 Å². The van der Waals surface area contributed by atoms with Gasteiger partial charge in [-0.25, -0.2) is 0 Å². The molecule has 4 heteroatoms. The topological polar surface area (TPSA) is 49.6 Å². The van der Waals surface area contributed by atoms with Crippen LogP contribution in [0.2, 0.25) is 0 Å². The van der Waals surface area contributed by atoms with Gasteiger partial charge < -0.3 is 15.5 Å². The largest absolute Gasteiger partial charge is 0.341 e. The van der Waals surface area contributed by atoms with Gasteiger partial charge >= 0.3 is 0 Å². The van der Waals surface area contributed by atoms with Crippen molar-refractivity contribution in [3.8, 4) is 0 Å². The van der Waals surface area contributed by atoms with E-state index in [0.29, 0.717) is 12.3 Å². The summed E-state index contributed by atoms with van der Waals surface area (Å²) in [6.07, 6.45) is 1.56. The van der Waals surface area contributed by atoms with Crippen molar-refractivity contribution in [1.82, 2.24) is 9.80 Å². The van der Waals surface area contributed by atoms with Gasteiger partial charge in [0.2, 0.25) is 5.91 Å². The summed E-state index contributed by atoms with van der Waals surface area (Å²) in [5.74, 6) is 0.593. The lowest BCUT2D eigenvalue weighted by Crippen LogP contribution is -2.39. The molecule has 0 spiro atoms. The second kappa shape index (κ2) is 6.21. The Morgan fingerprint density at radius 3 is 2.56 bits per heavy atom. The minimum Gasteiger partial charge on any atom is -0.341 e. The molecule has 1 amide bonds. The highest BCUT2D eigenvalue weighted by Gasteiger charge is 2.20. The number of carbonyl (C=O) groups is 1. The molecular weight excluding hydrogens is 202 g/mol. The molecule has 1 rings (SSSR count). The van der Waals surface area contributed by atoms with Gasteiger partial charge in [-0.15, -0.1) is 0 Å². The average Bonchev–Trinajstić information content (AvgIpc) is 2.42. The molecule has 0 aliphatic carbocycles. The van der Waals surface area contributed by atoms with E-state index in [-0.39, 0.29) is 11.9 Å². The third-order valence-electron chi connectivity index (χ3n) is 3.34. The third-order valence-corrected chi connectivity index (χ3v) is 3.34. The van der Waals surface area contributed by atoms with E-state index in [1.54, 1.807) is 0 Å². The predicted octanol–water partition coefficient (Wildman–Crippen LogP) is 0.524. The molecule has 1 fully saturated rings. The van der Waals surface area contributed by atoms with E-state index in [4.69, 9.17) is 5.73 Å². The van der Waals surface area contributed by atoms with Crippen LogP contribution in [0.4, 0.5) is 0 Å². The van der Waals surface area contributed by atoms with E-state index in [9.17, 15) is 4.79 Å². The highest BCUT2D eigenvalue weighted by atomic mass is 16.2. The Kier molecular flexibility index (Phi) is 5.22. The molecule has 0 radical (unpaired) electrons. The summed E-state index contributed by atoms with van der Waals surface area (Å²) in [5, 5.41) is 0. The van der Waals surface area contributed by atoms with Crippen molar-refractivity contribution < 1.29 is 4.79 Å². The van der Waals surface area contributed by atoms with E-state index in [1.165, 1.54) is 0 Å². The predicted molar refractivity (Wildman–Crippen MR) is 66.1 cm³/mol. The van der Waals surface area contributed by atoms with E-state index < -0.39 is 0 Å². The molecule has 1 saturated heterocycles. The maximum absolute atomic E-state index is 12.0. The number of nitrogens with zero attached hydrogens (tertiary/aromatic N) is 2. The molecule has 0 bridgehead atoms. The molecule has 1 heterocycles. The minimum atomic E-state index is -0.00603. The van der Waals surface area contributed by atoms with Gasteiger partial charge in [0.15, 0.2) is 0 Å². The highest BCUT2D eigenvalue weighted by Crippen LogP contribution is 2.08.